The Bertz CT molecular complexity index is 868. The molecule has 0 aliphatic heterocycles. The molecule has 3 heteroatoms. The van der Waals surface area contributed by atoms with E-state index in [0.717, 1.165) is 31.4 Å². The van der Waals surface area contributed by atoms with Crippen molar-refractivity contribution in [3.63, 3.8) is 0 Å². The monoisotopic (exact) mass is 348 g/mol. The molecule has 2 aromatic rings. The molecule has 0 N–H and O–H groups in total. The lowest BCUT2D eigenvalue weighted by molar-refractivity contribution is 0.112. The standard InChI is InChI=1S/C23H28N2O/c1-21(2,3)16-10-18-17(6-7-22(18,4)5)19(11-16)23(8-9-23)20-24-12-15(14-26)13-25-20/h10-14H,6-9H2,1-5H3. The van der Waals surface area contributed by atoms with Crippen molar-refractivity contribution < 1.29 is 4.79 Å². The van der Waals surface area contributed by atoms with Crippen molar-refractivity contribution in [2.24, 2.45) is 0 Å². The van der Waals surface area contributed by atoms with Crippen molar-refractivity contribution in [2.45, 2.75) is 76.5 Å². The van der Waals surface area contributed by atoms with E-state index >= 15 is 0 Å². The molecule has 136 valence electrons. The summed E-state index contributed by atoms with van der Waals surface area (Å²) in [5.41, 5.74) is 6.68. The summed E-state index contributed by atoms with van der Waals surface area (Å²) >= 11 is 0. The van der Waals surface area contributed by atoms with Crippen LogP contribution in [-0.4, -0.2) is 16.3 Å². The predicted octanol–water partition coefficient (Wildman–Crippen LogP) is 4.89. The van der Waals surface area contributed by atoms with Crippen LogP contribution in [0.2, 0.25) is 0 Å². The maximum absolute atomic E-state index is 11.0. The maximum Gasteiger partial charge on any atom is 0.153 e. The average Bonchev–Trinajstić information content (AvgIpc) is 3.34. The smallest absolute Gasteiger partial charge is 0.153 e. The Morgan fingerprint density at radius 3 is 2.15 bits per heavy atom. The molecule has 0 spiro atoms. The molecule has 0 saturated heterocycles. The zero-order chi connectivity index (χ0) is 18.7. The fraction of sp³-hybridized carbons (Fsp3) is 0.522. The van der Waals surface area contributed by atoms with Crippen LogP contribution in [0.1, 0.15) is 92.3 Å². The number of hydrogen-bond acceptors (Lipinski definition) is 3. The highest BCUT2D eigenvalue weighted by atomic mass is 16.1. The first-order chi connectivity index (χ1) is 12.2. The summed E-state index contributed by atoms with van der Waals surface area (Å²) in [6, 6.07) is 4.86. The zero-order valence-corrected chi connectivity index (χ0v) is 16.5. The predicted molar refractivity (Wildman–Crippen MR) is 104 cm³/mol. The van der Waals surface area contributed by atoms with Gasteiger partial charge in [-0.3, -0.25) is 4.79 Å². The fourth-order valence-corrected chi connectivity index (χ4v) is 4.36. The summed E-state index contributed by atoms with van der Waals surface area (Å²) in [7, 11) is 0. The number of aromatic nitrogens is 2. The Balaban J connectivity index is 1.91. The number of rotatable bonds is 3. The van der Waals surface area contributed by atoms with Crippen LogP contribution in [0.5, 0.6) is 0 Å². The van der Waals surface area contributed by atoms with Crippen LogP contribution in [0.4, 0.5) is 0 Å². The normalized spacial score (nSPS) is 19.9. The minimum absolute atomic E-state index is 0.0623. The van der Waals surface area contributed by atoms with Gasteiger partial charge in [0.15, 0.2) is 6.29 Å². The lowest BCUT2D eigenvalue weighted by atomic mass is 9.77. The molecular weight excluding hydrogens is 320 g/mol. The van der Waals surface area contributed by atoms with Crippen molar-refractivity contribution in [3.05, 3.63) is 58.2 Å². The first kappa shape index (κ1) is 17.4. The van der Waals surface area contributed by atoms with Crippen molar-refractivity contribution in [3.8, 4) is 0 Å². The summed E-state index contributed by atoms with van der Waals surface area (Å²) < 4.78 is 0. The van der Waals surface area contributed by atoms with Crippen LogP contribution in [0.15, 0.2) is 24.5 Å². The Morgan fingerprint density at radius 2 is 1.62 bits per heavy atom. The average molecular weight is 348 g/mol. The second-order valence-corrected chi connectivity index (χ2v) is 9.72. The zero-order valence-electron chi connectivity index (χ0n) is 16.5. The van der Waals surface area contributed by atoms with Gasteiger partial charge in [0.25, 0.3) is 0 Å². The SMILES string of the molecule is CC(C)(C)c1cc2c(c(C3(c4ncc(C=O)cn4)CC3)c1)CCC2(C)C. The highest BCUT2D eigenvalue weighted by molar-refractivity contribution is 5.73. The second-order valence-electron chi connectivity index (χ2n) is 9.72. The Kier molecular flexibility index (Phi) is 3.67. The van der Waals surface area contributed by atoms with Gasteiger partial charge in [-0.1, -0.05) is 46.8 Å². The van der Waals surface area contributed by atoms with Crippen molar-refractivity contribution >= 4 is 6.29 Å². The molecule has 2 aliphatic carbocycles. The van der Waals surface area contributed by atoms with Crippen molar-refractivity contribution in [2.75, 3.05) is 0 Å². The molecular formula is C23H28N2O. The van der Waals surface area contributed by atoms with Crippen LogP contribution in [0.3, 0.4) is 0 Å². The molecule has 0 bridgehead atoms. The summed E-state index contributed by atoms with van der Waals surface area (Å²) in [5.74, 6) is 0.876. The van der Waals surface area contributed by atoms with E-state index in [1.54, 1.807) is 12.4 Å². The van der Waals surface area contributed by atoms with E-state index in [-0.39, 0.29) is 16.2 Å². The number of fused-ring (bicyclic) bond motifs is 1. The summed E-state index contributed by atoms with van der Waals surface area (Å²) in [5, 5.41) is 0. The Labute approximate surface area is 156 Å². The van der Waals surface area contributed by atoms with Gasteiger partial charge >= 0.3 is 0 Å². The summed E-state index contributed by atoms with van der Waals surface area (Å²) in [4.78, 5) is 20.1. The topological polar surface area (TPSA) is 42.9 Å². The molecule has 1 aromatic carbocycles. The summed E-state index contributed by atoms with van der Waals surface area (Å²) in [6.07, 6.45) is 8.64. The van der Waals surface area contributed by atoms with Gasteiger partial charge in [-0.25, -0.2) is 9.97 Å². The van der Waals surface area contributed by atoms with Crippen LogP contribution in [-0.2, 0) is 22.7 Å². The van der Waals surface area contributed by atoms with E-state index in [4.69, 9.17) is 0 Å². The van der Waals surface area contributed by atoms with E-state index < -0.39 is 0 Å². The van der Waals surface area contributed by atoms with Gasteiger partial charge in [-0.2, -0.15) is 0 Å². The molecule has 1 heterocycles. The van der Waals surface area contributed by atoms with Gasteiger partial charge < -0.3 is 0 Å². The lowest BCUT2D eigenvalue weighted by Gasteiger charge is -2.28. The van der Waals surface area contributed by atoms with E-state index in [1.165, 1.54) is 28.7 Å². The molecule has 1 fully saturated rings. The van der Waals surface area contributed by atoms with Gasteiger partial charge in [-0.05, 0) is 58.8 Å². The number of nitrogens with zero attached hydrogens (tertiary/aromatic N) is 2. The maximum atomic E-state index is 11.0. The van der Waals surface area contributed by atoms with E-state index in [9.17, 15) is 4.79 Å². The van der Waals surface area contributed by atoms with Crippen molar-refractivity contribution in [1.82, 2.24) is 9.97 Å². The van der Waals surface area contributed by atoms with Gasteiger partial charge in [0.05, 0.1) is 11.0 Å². The first-order valence-corrected chi connectivity index (χ1v) is 9.63. The van der Waals surface area contributed by atoms with Crippen LogP contribution >= 0.6 is 0 Å². The molecule has 2 aliphatic rings. The Hall–Kier alpha value is -2.03. The molecule has 1 aromatic heterocycles. The van der Waals surface area contributed by atoms with Crippen molar-refractivity contribution in [1.29, 1.82) is 0 Å². The molecule has 3 nitrogen and oxygen atoms in total. The largest absolute Gasteiger partial charge is 0.298 e. The fourth-order valence-electron chi connectivity index (χ4n) is 4.36. The minimum atomic E-state index is -0.0623. The number of carbonyl (C=O) groups is 1. The Morgan fingerprint density at radius 1 is 1.00 bits per heavy atom. The minimum Gasteiger partial charge on any atom is -0.298 e. The first-order valence-electron chi connectivity index (χ1n) is 9.63. The van der Waals surface area contributed by atoms with Crippen LogP contribution in [0, 0.1) is 0 Å². The molecule has 0 amide bonds. The molecule has 26 heavy (non-hydrogen) atoms. The highest BCUT2D eigenvalue weighted by Gasteiger charge is 2.51. The highest BCUT2D eigenvalue weighted by Crippen LogP contribution is 2.56. The summed E-state index contributed by atoms with van der Waals surface area (Å²) in [6.45, 7) is 11.6. The second kappa shape index (κ2) is 5.48. The molecule has 0 atom stereocenters. The molecule has 4 rings (SSSR count). The van der Waals surface area contributed by atoms with E-state index in [1.807, 2.05) is 0 Å². The van der Waals surface area contributed by atoms with Crippen LogP contribution in [0.25, 0.3) is 0 Å². The third-order valence-electron chi connectivity index (χ3n) is 6.35. The van der Waals surface area contributed by atoms with Crippen LogP contribution < -0.4 is 0 Å². The molecule has 0 radical (unpaired) electrons. The quantitative estimate of drug-likeness (QED) is 0.742. The third kappa shape index (κ3) is 2.60. The van der Waals surface area contributed by atoms with Gasteiger partial charge in [0.1, 0.15) is 5.82 Å². The number of hydrogen-bond donors (Lipinski definition) is 0. The number of aldehydes is 1. The van der Waals surface area contributed by atoms with E-state index in [2.05, 4.69) is 56.7 Å². The molecule has 1 saturated carbocycles. The van der Waals surface area contributed by atoms with Gasteiger partial charge in [0.2, 0.25) is 0 Å². The number of benzene rings is 1. The third-order valence-corrected chi connectivity index (χ3v) is 6.35. The van der Waals surface area contributed by atoms with E-state index in [0.29, 0.717) is 5.56 Å². The van der Waals surface area contributed by atoms with Gasteiger partial charge in [0, 0.05) is 12.4 Å². The number of carbonyl (C=O) groups excluding carboxylic acids is 1. The van der Waals surface area contributed by atoms with Gasteiger partial charge in [-0.15, -0.1) is 0 Å². The lowest BCUT2D eigenvalue weighted by Crippen LogP contribution is -2.21. The molecule has 0 unspecified atom stereocenters.